The van der Waals surface area contributed by atoms with Gasteiger partial charge in [0, 0.05) is 24.4 Å². The van der Waals surface area contributed by atoms with Gasteiger partial charge in [0.05, 0.1) is 0 Å². The van der Waals surface area contributed by atoms with Crippen molar-refractivity contribution in [3.8, 4) is 11.6 Å². The molecule has 6 nitrogen and oxygen atoms in total. The Hall–Kier alpha value is -1.69. The van der Waals surface area contributed by atoms with Gasteiger partial charge < -0.3 is 14.4 Å². The molecule has 1 fully saturated rings. The Morgan fingerprint density at radius 2 is 2.22 bits per heavy atom. The zero-order chi connectivity index (χ0) is 12.5. The Morgan fingerprint density at radius 3 is 2.94 bits per heavy atom. The minimum Gasteiger partial charge on any atom is -0.360 e. The maximum absolute atomic E-state index is 5.26. The fraction of sp³-hybridized carbons (Fsp3) is 0.583. The van der Waals surface area contributed by atoms with Crippen LogP contribution in [0, 0.1) is 0 Å². The Balaban J connectivity index is 1.74. The molecule has 2 aromatic rings. The van der Waals surface area contributed by atoms with Gasteiger partial charge >= 0.3 is 0 Å². The number of hydrogen-bond acceptors (Lipinski definition) is 6. The lowest BCUT2D eigenvalue weighted by Crippen LogP contribution is -2.24. The summed E-state index contributed by atoms with van der Waals surface area (Å²) >= 11 is 0. The summed E-state index contributed by atoms with van der Waals surface area (Å²) in [5.41, 5.74) is 0.632. The maximum Gasteiger partial charge on any atom is 0.280 e. The van der Waals surface area contributed by atoms with Crippen molar-refractivity contribution in [2.45, 2.75) is 38.1 Å². The Morgan fingerprint density at radius 1 is 1.39 bits per heavy atom. The second-order valence-electron chi connectivity index (χ2n) is 4.80. The van der Waals surface area contributed by atoms with Crippen LogP contribution in [0.3, 0.4) is 0 Å². The van der Waals surface area contributed by atoms with Gasteiger partial charge in [-0.05, 0) is 26.8 Å². The van der Waals surface area contributed by atoms with Crippen LogP contribution in [0.4, 0.5) is 0 Å². The summed E-state index contributed by atoms with van der Waals surface area (Å²) < 4.78 is 10.5. The molecule has 1 saturated carbocycles. The van der Waals surface area contributed by atoms with E-state index in [0.29, 0.717) is 29.4 Å². The van der Waals surface area contributed by atoms with Gasteiger partial charge in [0.15, 0.2) is 11.5 Å². The molecule has 6 heteroatoms. The van der Waals surface area contributed by atoms with E-state index in [2.05, 4.69) is 27.5 Å². The van der Waals surface area contributed by atoms with Crippen molar-refractivity contribution in [2.75, 3.05) is 7.05 Å². The van der Waals surface area contributed by atoms with Crippen molar-refractivity contribution in [3.63, 3.8) is 0 Å². The summed E-state index contributed by atoms with van der Waals surface area (Å²) in [7, 11) is 1.91. The number of aromatic nitrogens is 3. The molecule has 2 heterocycles. The van der Waals surface area contributed by atoms with Crippen molar-refractivity contribution in [2.24, 2.45) is 0 Å². The van der Waals surface area contributed by atoms with E-state index < -0.39 is 0 Å². The van der Waals surface area contributed by atoms with Gasteiger partial charge in [-0.15, -0.1) is 0 Å². The van der Waals surface area contributed by atoms with E-state index >= 15 is 0 Å². The van der Waals surface area contributed by atoms with Gasteiger partial charge in [-0.25, -0.2) is 0 Å². The van der Waals surface area contributed by atoms with E-state index in [-0.39, 0.29) is 0 Å². The third-order valence-electron chi connectivity index (χ3n) is 3.18. The van der Waals surface area contributed by atoms with Crippen LogP contribution in [0.1, 0.15) is 37.3 Å². The topological polar surface area (TPSA) is 77.0 Å². The van der Waals surface area contributed by atoms with E-state index in [0.717, 1.165) is 12.2 Å². The fourth-order valence-electron chi connectivity index (χ4n) is 1.77. The first-order chi connectivity index (χ1) is 8.76. The minimum absolute atomic E-state index is 0.315. The number of nitrogens with zero attached hydrogens (tertiary/aromatic N) is 3. The number of likely N-dealkylation sites (N-methyl/N-ethyl adjacent to an activating group) is 1. The van der Waals surface area contributed by atoms with E-state index in [1.54, 1.807) is 0 Å². The molecule has 0 aliphatic heterocycles. The number of nitrogens with one attached hydrogen (secondary N) is 1. The number of rotatable bonds is 5. The van der Waals surface area contributed by atoms with Crippen molar-refractivity contribution in [1.82, 2.24) is 20.6 Å². The SMILES string of the molecule is CNC(C)Cc1noc(-c2cc(C3CC3)on2)n1. The summed E-state index contributed by atoms with van der Waals surface area (Å²) in [5.74, 6) is 2.58. The van der Waals surface area contributed by atoms with Crippen molar-refractivity contribution < 1.29 is 9.05 Å². The largest absolute Gasteiger partial charge is 0.360 e. The minimum atomic E-state index is 0.315. The lowest BCUT2D eigenvalue weighted by atomic mass is 10.2. The van der Waals surface area contributed by atoms with E-state index in [1.165, 1.54) is 12.8 Å². The molecule has 18 heavy (non-hydrogen) atoms. The highest BCUT2D eigenvalue weighted by Gasteiger charge is 2.28. The standard InChI is InChI=1S/C12H16N4O2/c1-7(13-2)5-11-14-12(18-16-11)9-6-10(17-15-9)8-3-4-8/h6-8,13H,3-5H2,1-2H3. The summed E-state index contributed by atoms with van der Waals surface area (Å²) in [6.45, 7) is 2.07. The average molecular weight is 248 g/mol. The smallest absolute Gasteiger partial charge is 0.280 e. The van der Waals surface area contributed by atoms with Crippen LogP contribution < -0.4 is 5.32 Å². The molecule has 0 bridgehead atoms. The second-order valence-corrected chi connectivity index (χ2v) is 4.80. The molecule has 2 aromatic heterocycles. The third-order valence-corrected chi connectivity index (χ3v) is 3.18. The Labute approximate surface area is 105 Å². The van der Waals surface area contributed by atoms with Crippen molar-refractivity contribution in [3.05, 3.63) is 17.7 Å². The Bertz CT molecular complexity index is 530. The van der Waals surface area contributed by atoms with Gasteiger partial charge in [0.2, 0.25) is 0 Å². The lowest BCUT2D eigenvalue weighted by Gasteiger charge is -2.04. The highest BCUT2D eigenvalue weighted by Crippen LogP contribution is 2.41. The normalized spacial score (nSPS) is 17.0. The van der Waals surface area contributed by atoms with Crippen molar-refractivity contribution >= 4 is 0 Å². The lowest BCUT2D eigenvalue weighted by molar-refractivity contribution is 0.378. The third kappa shape index (κ3) is 2.28. The first kappa shape index (κ1) is 11.4. The van der Waals surface area contributed by atoms with Gasteiger partial charge in [0.25, 0.3) is 5.89 Å². The van der Waals surface area contributed by atoms with Crippen molar-refractivity contribution in [1.29, 1.82) is 0 Å². The van der Waals surface area contributed by atoms with Crippen LogP contribution in [-0.4, -0.2) is 28.4 Å². The zero-order valence-corrected chi connectivity index (χ0v) is 10.5. The van der Waals surface area contributed by atoms with Crippen LogP contribution in [0.15, 0.2) is 15.1 Å². The predicted octanol–water partition coefficient (Wildman–Crippen LogP) is 1.75. The molecule has 0 radical (unpaired) electrons. The van der Waals surface area contributed by atoms with Crippen LogP contribution in [0.2, 0.25) is 0 Å². The molecule has 0 saturated heterocycles. The zero-order valence-electron chi connectivity index (χ0n) is 10.5. The van der Waals surface area contributed by atoms with Gasteiger partial charge in [-0.1, -0.05) is 10.3 Å². The molecule has 1 N–H and O–H groups in total. The van der Waals surface area contributed by atoms with Crippen LogP contribution in [0.5, 0.6) is 0 Å². The molecule has 1 atom stereocenters. The molecule has 96 valence electrons. The van der Waals surface area contributed by atoms with Gasteiger partial charge in [-0.2, -0.15) is 4.98 Å². The fourth-order valence-corrected chi connectivity index (χ4v) is 1.77. The molecule has 1 unspecified atom stereocenters. The van der Waals surface area contributed by atoms with Crippen LogP contribution in [-0.2, 0) is 6.42 Å². The molecule has 3 rings (SSSR count). The molecule has 0 aromatic carbocycles. The molecule has 1 aliphatic carbocycles. The summed E-state index contributed by atoms with van der Waals surface area (Å²) in [5, 5.41) is 11.0. The van der Waals surface area contributed by atoms with E-state index in [1.807, 2.05) is 13.1 Å². The summed E-state index contributed by atoms with van der Waals surface area (Å²) in [6, 6.07) is 2.21. The van der Waals surface area contributed by atoms with Gasteiger partial charge in [0.1, 0.15) is 5.76 Å². The average Bonchev–Trinajstić information content (AvgIpc) is 2.92. The monoisotopic (exact) mass is 248 g/mol. The van der Waals surface area contributed by atoms with Crippen LogP contribution >= 0.6 is 0 Å². The quantitative estimate of drug-likeness (QED) is 0.868. The molecular formula is C12H16N4O2. The summed E-state index contributed by atoms with van der Waals surface area (Å²) in [4.78, 5) is 4.32. The highest BCUT2D eigenvalue weighted by molar-refractivity contribution is 5.46. The highest BCUT2D eigenvalue weighted by atomic mass is 16.5. The van der Waals surface area contributed by atoms with E-state index in [9.17, 15) is 0 Å². The number of hydrogen-bond donors (Lipinski definition) is 1. The first-order valence-corrected chi connectivity index (χ1v) is 6.23. The molecule has 0 amide bonds. The van der Waals surface area contributed by atoms with E-state index in [4.69, 9.17) is 9.05 Å². The van der Waals surface area contributed by atoms with Crippen LogP contribution in [0.25, 0.3) is 11.6 Å². The predicted molar refractivity (Wildman–Crippen MR) is 64.0 cm³/mol. The maximum atomic E-state index is 5.26. The molecule has 1 aliphatic rings. The molecular weight excluding hydrogens is 232 g/mol. The Kier molecular flexibility index (Phi) is 2.87. The molecule has 0 spiro atoms. The second kappa shape index (κ2) is 4.53. The summed E-state index contributed by atoms with van der Waals surface area (Å²) in [6.07, 6.45) is 3.10. The van der Waals surface area contributed by atoms with Gasteiger partial charge in [-0.3, -0.25) is 0 Å². The first-order valence-electron chi connectivity index (χ1n) is 6.23.